The molecule has 1 N–H and O–H groups in total. The van der Waals surface area contributed by atoms with Gasteiger partial charge in [0, 0.05) is 18.1 Å². The highest BCUT2D eigenvalue weighted by molar-refractivity contribution is 5.79. The van der Waals surface area contributed by atoms with E-state index in [1.165, 1.54) is 12.8 Å². The molecule has 122 valence electrons. The molecule has 2 aliphatic rings. The van der Waals surface area contributed by atoms with Crippen LogP contribution in [0, 0.1) is 5.92 Å². The van der Waals surface area contributed by atoms with Crippen LogP contribution in [0.15, 0.2) is 0 Å². The second-order valence-electron chi connectivity index (χ2n) is 7.17. The summed E-state index contributed by atoms with van der Waals surface area (Å²) in [5, 5.41) is 9.64. The third-order valence-corrected chi connectivity index (χ3v) is 5.32. The Bertz CT molecular complexity index is 340. The molecule has 0 radical (unpaired) electrons. The van der Waals surface area contributed by atoms with E-state index in [9.17, 15) is 9.90 Å². The number of likely N-dealkylation sites (tertiary alicyclic amines) is 1. The molecule has 0 aromatic rings. The Morgan fingerprint density at radius 2 is 1.90 bits per heavy atom. The summed E-state index contributed by atoms with van der Waals surface area (Å²) < 4.78 is 0. The molecule has 2 rings (SSSR count). The molecule has 0 aromatic carbocycles. The first-order valence-electron chi connectivity index (χ1n) is 8.70. The van der Waals surface area contributed by atoms with Crippen LogP contribution >= 0.6 is 0 Å². The van der Waals surface area contributed by atoms with E-state index in [0.717, 1.165) is 32.2 Å². The number of aliphatic hydroxyl groups is 1. The lowest BCUT2D eigenvalue weighted by atomic mass is 9.91. The standard InChI is InChI=1S/C17H32N2O2/c1-13(2)19(15-8-4-5-9-15)17(21)11-18-10-6-7-14(3)16(18)12-20/h13-16,20H,4-12H2,1-3H3. The average Bonchev–Trinajstić information content (AvgIpc) is 2.92. The molecule has 0 spiro atoms. The number of hydrogen-bond acceptors (Lipinski definition) is 3. The minimum absolute atomic E-state index is 0.153. The molecule has 2 fully saturated rings. The number of rotatable bonds is 5. The summed E-state index contributed by atoms with van der Waals surface area (Å²) in [5.41, 5.74) is 0. The minimum atomic E-state index is 0.153. The van der Waals surface area contributed by atoms with Gasteiger partial charge < -0.3 is 10.0 Å². The number of hydrogen-bond donors (Lipinski definition) is 1. The van der Waals surface area contributed by atoms with Gasteiger partial charge in [-0.3, -0.25) is 9.69 Å². The van der Waals surface area contributed by atoms with E-state index in [4.69, 9.17) is 0 Å². The van der Waals surface area contributed by atoms with Crippen molar-refractivity contribution in [2.24, 2.45) is 5.92 Å². The van der Waals surface area contributed by atoms with Crippen LogP contribution in [-0.2, 0) is 4.79 Å². The van der Waals surface area contributed by atoms with Crippen LogP contribution in [0.4, 0.5) is 0 Å². The zero-order valence-corrected chi connectivity index (χ0v) is 13.9. The smallest absolute Gasteiger partial charge is 0.237 e. The Kier molecular flexibility index (Phi) is 6.06. The molecule has 0 aromatic heterocycles. The summed E-state index contributed by atoms with van der Waals surface area (Å²) in [4.78, 5) is 17.1. The van der Waals surface area contributed by atoms with Gasteiger partial charge in [0.25, 0.3) is 0 Å². The third kappa shape index (κ3) is 3.98. The van der Waals surface area contributed by atoms with Crippen molar-refractivity contribution in [3.63, 3.8) is 0 Å². The lowest BCUT2D eigenvalue weighted by Crippen LogP contribution is -2.53. The summed E-state index contributed by atoms with van der Waals surface area (Å²) in [7, 11) is 0. The molecule has 4 nitrogen and oxygen atoms in total. The van der Waals surface area contributed by atoms with Crippen LogP contribution in [0.3, 0.4) is 0 Å². The van der Waals surface area contributed by atoms with Crippen LogP contribution in [-0.4, -0.2) is 58.6 Å². The number of carbonyl (C=O) groups excluding carboxylic acids is 1. The molecule has 1 saturated heterocycles. The Balaban J connectivity index is 2.00. The van der Waals surface area contributed by atoms with Crippen molar-refractivity contribution in [3.05, 3.63) is 0 Å². The van der Waals surface area contributed by atoms with Crippen LogP contribution in [0.1, 0.15) is 59.3 Å². The molecule has 1 aliphatic carbocycles. The summed E-state index contributed by atoms with van der Waals surface area (Å²) in [5.74, 6) is 0.736. The Morgan fingerprint density at radius 1 is 1.24 bits per heavy atom. The molecule has 0 bridgehead atoms. The molecule has 1 aliphatic heterocycles. The number of nitrogens with zero attached hydrogens (tertiary/aromatic N) is 2. The van der Waals surface area contributed by atoms with Crippen molar-refractivity contribution in [2.75, 3.05) is 19.7 Å². The maximum Gasteiger partial charge on any atom is 0.237 e. The SMILES string of the molecule is CC1CCCN(CC(=O)N(C(C)C)C2CCCC2)C1CO. The van der Waals surface area contributed by atoms with Crippen LogP contribution < -0.4 is 0 Å². The summed E-state index contributed by atoms with van der Waals surface area (Å²) in [6, 6.07) is 0.864. The van der Waals surface area contributed by atoms with Crippen molar-refractivity contribution >= 4 is 5.91 Å². The monoisotopic (exact) mass is 296 g/mol. The lowest BCUT2D eigenvalue weighted by molar-refractivity contribution is -0.138. The predicted octanol–water partition coefficient (Wildman–Crippen LogP) is 2.26. The maximum atomic E-state index is 12.8. The van der Waals surface area contributed by atoms with E-state index < -0.39 is 0 Å². The van der Waals surface area contributed by atoms with Gasteiger partial charge in [-0.05, 0) is 52.0 Å². The number of amides is 1. The molecule has 21 heavy (non-hydrogen) atoms. The quantitative estimate of drug-likeness (QED) is 0.846. The zero-order valence-electron chi connectivity index (χ0n) is 13.9. The molecular weight excluding hydrogens is 264 g/mol. The van der Waals surface area contributed by atoms with Gasteiger partial charge in [-0.15, -0.1) is 0 Å². The average molecular weight is 296 g/mol. The largest absolute Gasteiger partial charge is 0.395 e. The normalized spacial score (nSPS) is 28.2. The first-order chi connectivity index (χ1) is 10.0. The minimum Gasteiger partial charge on any atom is -0.395 e. The van der Waals surface area contributed by atoms with Gasteiger partial charge >= 0.3 is 0 Å². The molecule has 2 unspecified atom stereocenters. The first kappa shape index (κ1) is 16.8. The molecule has 4 heteroatoms. The Labute approximate surface area is 129 Å². The van der Waals surface area contributed by atoms with Crippen molar-refractivity contribution in [1.29, 1.82) is 0 Å². The highest BCUT2D eigenvalue weighted by Crippen LogP contribution is 2.27. The fourth-order valence-corrected chi connectivity index (χ4v) is 4.18. The third-order valence-electron chi connectivity index (χ3n) is 5.32. The van der Waals surface area contributed by atoms with Gasteiger partial charge in [0.2, 0.25) is 5.91 Å². The van der Waals surface area contributed by atoms with Crippen LogP contribution in [0.5, 0.6) is 0 Å². The van der Waals surface area contributed by atoms with Crippen LogP contribution in [0.25, 0.3) is 0 Å². The van der Waals surface area contributed by atoms with Crippen molar-refractivity contribution < 1.29 is 9.90 Å². The van der Waals surface area contributed by atoms with E-state index in [1.54, 1.807) is 0 Å². The highest BCUT2D eigenvalue weighted by Gasteiger charge is 2.33. The van der Waals surface area contributed by atoms with Gasteiger partial charge in [-0.2, -0.15) is 0 Å². The van der Waals surface area contributed by atoms with E-state index in [1.807, 2.05) is 0 Å². The van der Waals surface area contributed by atoms with Gasteiger partial charge in [-0.1, -0.05) is 19.8 Å². The van der Waals surface area contributed by atoms with E-state index in [0.29, 0.717) is 18.5 Å². The van der Waals surface area contributed by atoms with Crippen molar-refractivity contribution in [2.45, 2.75) is 77.4 Å². The highest BCUT2D eigenvalue weighted by atomic mass is 16.3. The van der Waals surface area contributed by atoms with E-state index in [2.05, 4.69) is 30.6 Å². The summed E-state index contributed by atoms with van der Waals surface area (Å²) in [6.45, 7) is 8.02. The topological polar surface area (TPSA) is 43.8 Å². The van der Waals surface area contributed by atoms with E-state index in [-0.39, 0.29) is 24.6 Å². The van der Waals surface area contributed by atoms with Crippen molar-refractivity contribution in [1.82, 2.24) is 9.80 Å². The molecule has 2 atom stereocenters. The predicted molar refractivity (Wildman–Crippen MR) is 85.1 cm³/mol. The second-order valence-corrected chi connectivity index (χ2v) is 7.17. The van der Waals surface area contributed by atoms with E-state index >= 15 is 0 Å². The summed E-state index contributed by atoms with van der Waals surface area (Å²) in [6.07, 6.45) is 7.11. The molecule has 1 amide bonds. The molecule has 1 saturated carbocycles. The first-order valence-corrected chi connectivity index (χ1v) is 8.70. The van der Waals surface area contributed by atoms with Gasteiger partial charge in [0.1, 0.15) is 0 Å². The second kappa shape index (κ2) is 7.59. The Hall–Kier alpha value is -0.610. The van der Waals surface area contributed by atoms with Gasteiger partial charge in [0.15, 0.2) is 0 Å². The number of piperidine rings is 1. The fraction of sp³-hybridized carbons (Fsp3) is 0.941. The number of aliphatic hydroxyl groups excluding tert-OH is 1. The molecule has 1 heterocycles. The fourth-order valence-electron chi connectivity index (χ4n) is 4.18. The lowest BCUT2D eigenvalue weighted by Gasteiger charge is -2.41. The van der Waals surface area contributed by atoms with Gasteiger partial charge in [0.05, 0.1) is 13.2 Å². The zero-order chi connectivity index (χ0) is 15.4. The number of carbonyl (C=O) groups is 1. The van der Waals surface area contributed by atoms with Crippen molar-refractivity contribution in [3.8, 4) is 0 Å². The molecular formula is C17H32N2O2. The van der Waals surface area contributed by atoms with Gasteiger partial charge in [-0.25, -0.2) is 0 Å². The summed E-state index contributed by atoms with van der Waals surface area (Å²) >= 11 is 0. The van der Waals surface area contributed by atoms with Crippen LogP contribution in [0.2, 0.25) is 0 Å². The Morgan fingerprint density at radius 3 is 2.48 bits per heavy atom. The maximum absolute atomic E-state index is 12.8.